The van der Waals surface area contributed by atoms with Crippen molar-refractivity contribution in [2.45, 2.75) is 162 Å². The van der Waals surface area contributed by atoms with Gasteiger partial charge in [0.1, 0.15) is 5.78 Å². The van der Waals surface area contributed by atoms with Crippen molar-refractivity contribution in [2.24, 2.45) is 0 Å². The van der Waals surface area contributed by atoms with Crippen LogP contribution in [-0.4, -0.2) is 5.78 Å². The number of hydrogen-bond donors (Lipinski definition) is 0. The third kappa shape index (κ3) is 25.7. The average molecular weight is 381 g/mol. The van der Waals surface area contributed by atoms with Gasteiger partial charge in [-0.25, -0.2) is 0 Å². The maximum atomic E-state index is 10.9. The molecule has 0 saturated heterocycles. The van der Waals surface area contributed by atoms with Gasteiger partial charge in [0.15, 0.2) is 0 Å². The fourth-order valence-corrected chi connectivity index (χ4v) is 3.98. The van der Waals surface area contributed by atoms with E-state index in [9.17, 15) is 4.79 Å². The maximum Gasteiger partial charge on any atom is 0.129 e. The first kappa shape index (κ1) is 26.7. The standard InChI is InChI=1S/C26H52O/c1-3-4-5-6-7-8-9-10-11-12-13-14-15-16-17-18-19-20-21-22-23-24-25-26(2)27/h3-25H2,1-2H3. The molecule has 27 heavy (non-hydrogen) atoms. The Morgan fingerprint density at radius 2 is 0.630 bits per heavy atom. The summed E-state index contributed by atoms with van der Waals surface area (Å²) in [5.41, 5.74) is 0. The normalized spacial score (nSPS) is 11.2. The molecule has 0 saturated carbocycles. The fraction of sp³-hybridized carbons (Fsp3) is 0.962. The van der Waals surface area contributed by atoms with Gasteiger partial charge < -0.3 is 4.79 Å². The van der Waals surface area contributed by atoms with E-state index in [0.29, 0.717) is 5.78 Å². The molecule has 0 aromatic rings. The quantitative estimate of drug-likeness (QED) is 0.161. The highest BCUT2D eigenvalue weighted by atomic mass is 16.1. The van der Waals surface area contributed by atoms with E-state index in [0.717, 1.165) is 12.8 Å². The highest BCUT2D eigenvalue weighted by molar-refractivity contribution is 5.75. The number of ketones is 1. The zero-order valence-electron chi connectivity index (χ0n) is 19.2. The van der Waals surface area contributed by atoms with Crippen LogP contribution in [0.1, 0.15) is 162 Å². The molecule has 0 unspecified atom stereocenters. The summed E-state index contributed by atoms with van der Waals surface area (Å²) < 4.78 is 0. The lowest BCUT2D eigenvalue weighted by Crippen LogP contribution is -1.89. The second kappa shape index (κ2) is 23.7. The smallest absolute Gasteiger partial charge is 0.129 e. The predicted octanol–water partition coefficient (Wildman–Crippen LogP) is 9.57. The third-order valence-corrected chi connectivity index (χ3v) is 5.88. The van der Waals surface area contributed by atoms with E-state index in [-0.39, 0.29) is 0 Å². The Bertz CT molecular complexity index is 284. The van der Waals surface area contributed by atoms with Gasteiger partial charge in [0.25, 0.3) is 0 Å². The number of hydrogen-bond acceptors (Lipinski definition) is 1. The van der Waals surface area contributed by atoms with Crippen LogP contribution in [0.5, 0.6) is 0 Å². The molecule has 0 aromatic heterocycles. The molecule has 162 valence electrons. The summed E-state index contributed by atoms with van der Waals surface area (Å²) in [7, 11) is 0. The molecule has 0 heterocycles. The monoisotopic (exact) mass is 380 g/mol. The highest BCUT2D eigenvalue weighted by Crippen LogP contribution is 2.15. The Morgan fingerprint density at radius 1 is 0.407 bits per heavy atom. The van der Waals surface area contributed by atoms with Crippen molar-refractivity contribution in [2.75, 3.05) is 0 Å². The Hall–Kier alpha value is -0.330. The van der Waals surface area contributed by atoms with E-state index < -0.39 is 0 Å². The zero-order chi connectivity index (χ0) is 19.8. The Labute approximate surface area is 172 Å². The van der Waals surface area contributed by atoms with Crippen molar-refractivity contribution >= 4 is 5.78 Å². The molecule has 0 amide bonds. The predicted molar refractivity (Wildman–Crippen MR) is 123 cm³/mol. The number of Topliss-reactive ketones (excluding diaryl/α,β-unsaturated/α-hetero) is 1. The molecular weight excluding hydrogens is 328 g/mol. The maximum absolute atomic E-state index is 10.9. The zero-order valence-corrected chi connectivity index (χ0v) is 19.2. The first-order valence-electron chi connectivity index (χ1n) is 12.8. The van der Waals surface area contributed by atoms with Crippen molar-refractivity contribution in [1.82, 2.24) is 0 Å². The minimum absolute atomic E-state index is 0.350. The lowest BCUT2D eigenvalue weighted by molar-refractivity contribution is -0.117. The first-order valence-corrected chi connectivity index (χ1v) is 12.8. The lowest BCUT2D eigenvalue weighted by atomic mass is 10.0. The number of carbonyl (C=O) groups is 1. The van der Waals surface area contributed by atoms with E-state index >= 15 is 0 Å². The molecule has 1 nitrogen and oxygen atoms in total. The van der Waals surface area contributed by atoms with E-state index in [1.165, 1.54) is 135 Å². The summed E-state index contributed by atoms with van der Waals surface area (Å²) in [4.78, 5) is 10.9. The van der Waals surface area contributed by atoms with Crippen molar-refractivity contribution in [1.29, 1.82) is 0 Å². The van der Waals surface area contributed by atoms with Crippen LogP contribution in [-0.2, 0) is 4.79 Å². The summed E-state index contributed by atoms with van der Waals surface area (Å²) in [5, 5.41) is 0. The SMILES string of the molecule is CCCCCCCCCCCCCCCCCCCCCCCCC(C)=O. The molecule has 0 spiro atoms. The number of unbranched alkanes of at least 4 members (excludes halogenated alkanes) is 21. The molecule has 0 radical (unpaired) electrons. The molecule has 0 aromatic carbocycles. The van der Waals surface area contributed by atoms with Gasteiger partial charge in [0, 0.05) is 6.42 Å². The topological polar surface area (TPSA) is 17.1 Å². The van der Waals surface area contributed by atoms with Gasteiger partial charge in [-0.05, 0) is 13.3 Å². The van der Waals surface area contributed by atoms with Crippen LogP contribution in [0.25, 0.3) is 0 Å². The number of carbonyl (C=O) groups excluding carboxylic acids is 1. The lowest BCUT2D eigenvalue weighted by Gasteiger charge is -2.04. The van der Waals surface area contributed by atoms with Crippen LogP contribution in [0, 0.1) is 0 Å². The Morgan fingerprint density at radius 3 is 0.852 bits per heavy atom. The van der Waals surface area contributed by atoms with Gasteiger partial charge in [-0.3, -0.25) is 0 Å². The molecule has 0 aliphatic heterocycles. The summed E-state index contributed by atoms with van der Waals surface area (Å²) >= 11 is 0. The van der Waals surface area contributed by atoms with Crippen LogP contribution >= 0.6 is 0 Å². The van der Waals surface area contributed by atoms with Gasteiger partial charge in [0.2, 0.25) is 0 Å². The van der Waals surface area contributed by atoms with Gasteiger partial charge in [-0.1, -0.05) is 142 Å². The number of rotatable bonds is 23. The summed E-state index contributed by atoms with van der Waals surface area (Å²) in [6.07, 6.45) is 32.0. The minimum Gasteiger partial charge on any atom is -0.300 e. The van der Waals surface area contributed by atoms with Gasteiger partial charge in [-0.15, -0.1) is 0 Å². The second-order valence-electron chi connectivity index (χ2n) is 8.88. The van der Waals surface area contributed by atoms with E-state index in [1.54, 1.807) is 6.92 Å². The second-order valence-corrected chi connectivity index (χ2v) is 8.88. The van der Waals surface area contributed by atoms with Crippen molar-refractivity contribution in [3.63, 3.8) is 0 Å². The molecule has 0 N–H and O–H groups in total. The van der Waals surface area contributed by atoms with Crippen molar-refractivity contribution < 1.29 is 4.79 Å². The van der Waals surface area contributed by atoms with Crippen LogP contribution in [0.4, 0.5) is 0 Å². The molecular formula is C26H52O. The fourth-order valence-electron chi connectivity index (χ4n) is 3.98. The summed E-state index contributed by atoms with van der Waals surface area (Å²) in [6.45, 7) is 4.00. The molecule has 0 rings (SSSR count). The Kier molecular flexibility index (Phi) is 23.4. The highest BCUT2D eigenvalue weighted by Gasteiger charge is 1.96. The third-order valence-electron chi connectivity index (χ3n) is 5.88. The van der Waals surface area contributed by atoms with Gasteiger partial charge in [0.05, 0.1) is 0 Å². The van der Waals surface area contributed by atoms with E-state index in [1.807, 2.05) is 0 Å². The van der Waals surface area contributed by atoms with Gasteiger partial charge in [-0.2, -0.15) is 0 Å². The summed E-state index contributed by atoms with van der Waals surface area (Å²) in [5.74, 6) is 0.350. The summed E-state index contributed by atoms with van der Waals surface area (Å²) in [6, 6.07) is 0. The van der Waals surface area contributed by atoms with Crippen molar-refractivity contribution in [3.05, 3.63) is 0 Å². The molecule has 0 bridgehead atoms. The van der Waals surface area contributed by atoms with Crippen LogP contribution in [0.2, 0.25) is 0 Å². The molecule has 1 heteroatoms. The molecule has 0 aliphatic rings. The van der Waals surface area contributed by atoms with Gasteiger partial charge >= 0.3 is 0 Å². The van der Waals surface area contributed by atoms with E-state index in [4.69, 9.17) is 0 Å². The Balaban J connectivity index is 2.98. The largest absolute Gasteiger partial charge is 0.300 e. The molecule has 0 aliphatic carbocycles. The van der Waals surface area contributed by atoms with Crippen LogP contribution in [0.3, 0.4) is 0 Å². The first-order chi connectivity index (χ1) is 13.3. The molecule has 0 atom stereocenters. The minimum atomic E-state index is 0.350. The molecule has 0 fully saturated rings. The van der Waals surface area contributed by atoms with E-state index in [2.05, 4.69) is 6.92 Å². The van der Waals surface area contributed by atoms with Crippen LogP contribution in [0.15, 0.2) is 0 Å². The van der Waals surface area contributed by atoms with Crippen LogP contribution < -0.4 is 0 Å². The van der Waals surface area contributed by atoms with Crippen molar-refractivity contribution in [3.8, 4) is 0 Å². The average Bonchev–Trinajstić information content (AvgIpc) is 2.65.